The first-order valence-corrected chi connectivity index (χ1v) is 9.28. The molecule has 1 aromatic heterocycles. The number of halogens is 2. The fourth-order valence-corrected chi connectivity index (χ4v) is 3.26. The lowest BCUT2D eigenvalue weighted by molar-refractivity contribution is -0.128. The Bertz CT molecular complexity index is 960. The van der Waals surface area contributed by atoms with Gasteiger partial charge in [0.25, 0.3) is 0 Å². The van der Waals surface area contributed by atoms with Gasteiger partial charge in [0.2, 0.25) is 11.8 Å². The molecule has 1 heterocycles. The molecule has 0 aliphatic rings. The topological polar surface area (TPSA) is 71.1 Å². The Kier molecular flexibility index (Phi) is 6.16. The van der Waals surface area contributed by atoms with Crippen molar-refractivity contribution in [2.24, 2.45) is 0 Å². The van der Waals surface area contributed by atoms with Crippen molar-refractivity contribution in [1.29, 1.82) is 0 Å². The summed E-state index contributed by atoms with van der Waals surface area (Å²) in [6, 6.07) is 13.0. The minimum absolute atomic E-state index is 0.00698. The lowest BCUT2D eigenvalue weighted by Gasteiger charge is -2.06. The molecule has 0 spiro atoms. The minimum Gasteiger partial charge on any atom is -0.273 e. The Labute approximate surface area is 164 Å². The van der Waals surface area contributed by atoms with E-state index in [4.69, 9.17) is 11.6 Å². The molecule has 2 amide bonds. The average molecular weight is 404 g/mol. The Morgan fingerprint density at radius 3 is 2.44 bits per heavy atom. The van der Waals surface area contributed by atoms with Gasteiger partial charge in [-0.05, 0) is 29.8 Å². The second-order valence-corrected chi connectivity index (χ2v) is 7.03. The highest BCUT2D eigenvalue weighted by Crippen LogP contribution is 2.24. The molecule has 0 saturated carbocycles. The van der Waals surface area contributed by atoms with Crippen molar-refractivity contribution >= 4 is 34.8 Å². The summed E-state index contributed by atoms with van der Waals surface area (Å²) in [5, 5.41) is 2.95. The summed E-state index contributed by atoms with van der Waals surface area (Å²) in [7, 11) is 0. The highest BCUT2D eigenvalue weighted by atomic mass is 35.5. The number of nitrogens with one attached hydrogen (secondary N) is 2. The molecular formula is C19H15ClFN3O2S. The van der Waals surface area contributed by atoms with Crippen molar-refractivity contribution in [1.82, 2.24) is 15.8 Å². The molecule has 0 fully saturated rings. The highest BCUT2D eigenvalue weighted by molar-refractivity contribution is 7.13. The third kappa shape index (κ3) is 5.60. The summed E-state index contributed by atoms with van der Waals surface area (Å²) in [5.41, 5.74) is 6.71. The van der Waals surface area contributed by atoms with E-state index in [9.17, 15) is 14.0 Å². The van der Waals surface area contributed by atoms with Crippen LogP contribution in [0.15, 0.2) is 53.9 Å². The minimum atomic E-state index is -0.393. The van der Waals surface area contributed by atoms with Crippen molar-refractivity contribution in [2.75, 3.05) is 0 Å². The van der Waals surface area contributed by atoms with Crippen LogP contribution in [0, 0.1) is 5.82 Å². The van der Waals surface area contributed by atoms with Gasteiger partial charge in [0, 0.05) is 16.0 Å². The maximum atomic E-state index is 13.3. The number of hydrogen-bond donors (Lipinski definition) is 2. The molecule has 27 heavy (non-hydrogen) atoms. The van der Waals surface area contributed by atoms with Crippen LogP contribution in [0.2, 0.25) is 5.02 Å². The molecule has 0 aliphatic carbocycles. The van der Waals surface area contributed by atoms with E-state index in [0.29, 0.717) is 21.3 Å². The zero-order valence-electron chi connectivity index (χ0n) is 14.0. The third-order valence-electron chi connectivity index (χ3n) is 3.58. The first kappa shape index (κ1) is 19.0. The molecule has 5 nitrogen and oxygen atoms in total. The van der Waals surface area contributed by atoms with Gasteiger partial charge < -0.3 is 0 Å². The number of hydrogen-bond acceptors (Lipinski definition) is 4. The Balaban J connectivity index is 1.49. The molecule has 8 heteroatoms. The number of hydrazine groups is 1. The summed E-state index contributed by atoms with van der Waals surface area (Å²) in [6.07, 6.45) is 0.130. The van der Waals surface area contributed by atoms with Gasteiger partial charge in [0.15, 0.2) is 0 Å². The van der Waals surface area contributed by atoms with Crippen LogP contribution in [-0.4, -0.2) is 16.8 Å². The fraction of sp³-hybridized carbons (Fsp3) is 0.105. The van der Waals surface area contributed by atoms with Crippen molar-refractivity contribution < 1.29 is 14.0 Å². The molecule has 2 aromatic carbocycles. The summed E-state index contributed by atoms with van der Waals surface area (Å²) in [6.45, 7) is 0. The molecule has 3 aromatic rings. The van der Waals surface area contributed by atoms with Crippen LogP contribution in [-0.2, 0) is 22.4 Å². The van der Waals surface area contributed by atoms with Crippen molar-refractivity contribution in [2.45, 2.75) is 12.8 Å². The first-order valence-electron chi connectivity index (χ1n) is 8.02. The van der Waals surface area contributed by atoms with Gasteiger partial charge in [-0.15, -0.1) is 11.3 Å². The van der Waals surface area contributed by atoms with Gasteiger partial charge in [0.1, 0.15) is 10.8 Å². The smallest absolute Gasteiger partial charge is 0.244 e. The lowest BCUT2D eigenvalue weighted by atomic mass is 10.1. The molecule has 0 aliphatic heterocycles. The predicted molar refractivity (Wildman–Crippen MR) is 103 cm³/mol. The summed E-state index contributed by atoms with van der Waals surface area (Å²) in [5.74, 6) is -1.08. The van der Waals surface area contributed by atoms with Crippen LogP contribution in [0.3, 0.4) is 0 Å². The zero-order valence-corrected chi connectivity index (χ0v) is 15.6. The largest absolute Gasteiger partial charge is 0.273 e. The van der Waals surface area contributed by atoms with Gasteiger partial charge in [-0.3, -0.25) is 20.4 Å². The normalized spacial score (nSPS) is 10.4. The summed E-state index contributed by atoms with van der Waals surface area (Å²) in [4.78, 5) is 28.2. The molecule has 138 valence electrons. The van der Waals surface area contributed by atoms with Crippen molar-refractivity contribution in [3.05, 3.63) is 76.0 Å². The van der Waals surface area contributed by atoms with E-state index >= 15 is 0 Å². The number of aromatic nitrogens is 1. The monoisotopic (exact) mass is 403 g/mol. The second-order valence-electron chi connectivity index (χ2n) is 5.73. The Hall–Kier alpha value is -2.77. The number of thiazole rings is 1. The first-order chi connectivity index (χ1) is 13.0. The van der Waals surface area contributed by atoms with Crippen LogP contribution in [0.5, 0.6) is 0 Å². The van der Waals surface area contributed by atoms with E-state index in [2.05, 4.69) is 15.8 Å². The predicted octanol–water partition coefficient (Wildman–Crippen LogP) is 3.54. The number of carbonyl (C=O) groups is 2. The van der Waals surface area contributed by atoms with Crippen LogP contribution >= 0.6 is 22.9 Å². The summed E-state index contributed by atoms with van der Waals surface area (Å²) >= 11 is 7.12. The number of carbonyl (C=O) groups excluding carboxylic acids is 2. The Morgan fingerprint density at radius 1 is 1.04 bits per heavy atom. The van der Waals surface area contributed by atoms with Crippen LogP contribution in [0.1, 0.15) is 11.3 Å². The van der Waals surface area contributed by atoms with Crippen molar-refractivity contribution in [3.63, 3.8) is 0 Å². The molecule has 0 atom stereocenters. The maximum Gasteiger partial charge on any atom is 0.244 e. The Morgan fingerprint density at radius 2 is 1.74 bits per heavy atom. The molecule has 0 unspecified atom stereocenters. The quantitative estimate of drug-likeness (QED) is 0.640. The second kappa shape index (κ2) is 8.75. The van der Waals surface area contributed by atoms with Gasteiger partial charge >= 0.3 is 0 Å². The molecular weight excluding hydrogens is 389 g/mol. The number of benzene rings is 2. The van der Waals surface area contributed by atoms with E-state index < -0.39 is 5.91 Å². The van der Waals surface area contributed by atoms with Crippen LogP contribution < -0.4 is 10.9 Å². The fourth-order valence-electron chi connectivity index (χ4n) is 2.32. The number of amides is 2. The lowest BCUT2D eigenvalue weighted by Crippen LogP contribution is -2.43. The molecule has 0 bridgehead atoms. The van der Waals surface area contributed by atoms with E-state index in [1.807, 2.05) is 0 Å². The van der Waals surface area contributed by atoms with Gasteiger partial charge in [-0.1, -0.05) is 35.9 Å². The van der Waals surface area contributed by atoms with E-state index in [1.54, 1.807) is 41.8 Å². The number of nitrogens with zero attached hydrogens (tertiary/aromatic N) is 1. The van der Waals surface area contributed by atoms with Gasteiger partial charge in [-0.2, -0.15) is 0 Å². The van der Waals surface area contributed by atoms with Crippen molar-refractivity contribution in [3.8, 4) is 10.6 Å². The number of rotatable bonds is 5. The zero-order chi connectivity index (χ0) is 19.2. The van der Waals surface area contributed by atoms with Crippen LogP contribution in [0.4, 0.5) is 4.39 Å². The molecule has 0 saturated heterocycles. The van der Waals surface area contributed by atoms with E-state index in [-0.39, 0.29) is 24.6 Å². The molecule has 3 rings (SSSR count). The SMILES string of the molecule is O=C(Cc1ccc(Cl)cc1)NNC(=O)Cc1csc(-c2cccc(F)c2)n1. The summed E-state index contributed by atoms with van der Waals surface area (Å²) < 4.78 is 13.3. The average Bonchev–Trinajstić information content (AvgIpc) is 3.10. The molecule has 2 N–H and O–H groups in total. The third-order valence-corrected chi connectivity index (χ3v) is 4.78. The van der Waals surface area contributed by atoms with E-state index in [1.165, 1.54) is 23.5 Å². The molecule has 0 radical (unpaired) electrons. The maximum absolute atomic E-state index is 13.3. The highest BCUT2D eigenvalue weighted by Gasteiger charge is 2.11. The van der Waals surface area contributed by atoms with Crippen LogP contribution in [0.25, 0.3) is 10.6 Å². The standard InChI is InChI=1S/C19H15ClFN3O2S/c20-14-6-4-12(5-7-14)8-17(25)23-24-18(26)10-16-11-27-19(22-16)13-2-1-3-15(21)9-13/h1-7,9,11H,8,10H2,(H,23,25)(H,24,26). The van der Waals surface area contributed by atoms with Gasteiger partial charge in [-0.25, -0.2) is 9.37 Å². The van der Waals surface area contributed by atoms with Gasteiger partial charge in [0.05, 0.1) is 18.5 Å². The van der Waals surface area contributed by atoms with E-state index in [0.717, 1.165) is 5.56 Å².